The molecule has 0 saturated carbocycles. The van der Waals surface area contributed by atoms with Gasteiger partial charge in [-0.2, -0.15) is 0 Å². The number of benzene rings is 1. The van der Waals surface area contributed by atoms with E-state index in [-0.39, 0.29) is 35.2 Å². The third-order valence-corrected chi connectivity index (χ3v) is 2.72. The van der Waals surface area contributed by atoms with E-state index in [1.165, 1.54) is 12.1 Å². The van der Waals surface area contributed by atoms with Crippen molar-refractivity contribution in [2.24, 2.45) is 0 Å². The van der Waals surface area contributed by atoms with Gasteiger partial charge in [-0.1, -0.05) is 11.6 Å². The molecule has 0 aliphatic rings. The van der Waals surface area contributed by atoms with Crippen LogP contribution < -0.4 is 5.32 Å². The van der Waals surface area contributed by atoms with Gasteiger partial charge in [-0.3, -0.25) is 19.7 Å². The maximum atomic E-state index is 11.8. The van der Waals surface area contributed by atoms with Crippen LogP contribution >= 0.6 is 11.6 Å². The molecule has 0 fully saturated rings. The molecular weight excluding hydrogens is 300 g/mol. The lowest BCUT2D eigenvalue weighted by Crippen LogP contribution is -2.25. The number of nitro benzene ring substituents is 1. The highest BCUT2D eigenvalue weighted by Crippen LogP contribution is 2.20. The van der Waals surface area contributed by atoms with Crippen LogP contribution in [0.15, 0.2) is 18.2 Å². The van der Waals surface area contributed by atoms with Crippen molar-refractivity contribution in [1.29, 1.82) is 0 Å². The van der Waals surface area contributed by atoms with Crippen LogP contribution in [0.25, 0.3) is 0 Å². The van der Waals surface area contributed by atoms with Crippen LogP contribution in [0.2, 0.25) is 5.02 Å². The van der Waals surface area contributed by atoms with Crippen molar-refractivity contribution in [1.82, 2.24) is 5.32 Å². The first-order chi connectivity index (χ1) is 9.93. The van der Waals surface area contributed by atoms with Crippen LogP contribution in [0.5, 0.6) is 0 Å². The Hall–Kier alpha value is -2.15. The van der Waals surface area contributed by atoms with Gasteiger partial charge in [0, 0.05) is 35.7 Å². The fraction of sp³-hybridized carbons (Fsp3) is 0.385. The number of nitro groups is 1. The van der Waals surface area contributed by atoms with Crippen molar-refractivity contribution in [2.45, 2.75) is 19.8 Å². The summed E-state index contributed by atoms with van der Waals surface area (Å²) in [4.78, 5) is 33.0. The van der Waals surface area contributed by atoms with Gasteiger partial charge in [0.2, 0.25) is 0 Å². The summed E-state index contributed by atoms with van der Waals surface area (Å²) >= 11 is 5.73. The number of amides is 1. The molecule has 0 atom stereocenters. The van der Waals surface area contributed by atoms with Gasteiger partial charge in [0.1, 0.15) is 0 Å². The third-order valence-electron chi connectivity index (χ3n) is 2.50. The van der Waals surface area contributed by atoms with Gasteiger partial charge >= 0.3 is 5.97 Å². The van der Waals surface area contributed by atoms with E-state index in [1.807, 2.05) is 0 Å². The molecule has 1 amide bonds. The first kappa shape index (κ1) is 16.9. The number of hydrogen-bond acceptors (Lipinski definition) is 5. The fourth-order valence-electron chi connectivity index (χ4n) is 1.58. The highest BCUT2D eigenvalue weighted by atomic mass is 35.5. The van der Waals surface area contributed by atoms with Crippen molar-refractivity contribution < 1.29 is 19.2 Å². The van der Waals surface area contributed by atoms with Crippen LogP contribution in [-0.2, 0) is 9.53 Å². The number of nitrogens with one attached hydrogen (secondary N) is 1. The van der Waals surface area contributed by atoms with E-state index in [9.17, 15) is 19.7 Å². The van der Waals surface area contributed by atoms with E-state index >= 15 is 0 Å². The van der Waals surface area contributed by atoms with E-state index in [1.54, 1.807) is 6.92 Å². The minimum absolute atomic E-state index is 0.102. The zero-order valence-corrected chi connectivity index (χ0v) is 12.2. The molecule has 0 bridgehead atoms. The van der Waals surface area contributed by atoms with Crippen LogP contribution in [0.4, 0.5) is 5.69 Å². The normalized spacial score (nSPS) is 10.0. The van der Waals surface area contributed by atoms with Crippen molar-refractivity contribution in [3.63, 3.8) is 0 Å². The lowest BCUT2D eigenvalue weighted by molar-refractivity contribution is -0.384. The Labute approximate surface area is 126 Å². The molecule has 0 aliphatic heterocycles. The average Bonchev–Trinajstić information content (AvgIpc) is 2.43. The van der Waals surface area contributed by atoms with Gasteiger partial charge in [0.15, 0.2) is 0 Å². The average molecular weight is 315 g/mol. The molecule has 7 nitrogen and oxygen atoms in total. The molecule has 1 N–H and O–H groups in total. The van der Waals surface area contributed by atoms with Gasteiger partial charge in [-0.05, 0) is 19.4 Å². The SMILES string of the molecule is CCOC(=O)CCCNC(=O)c1cc(Cl)cc([N+](=O)[O-])c1. The second-order valence-corrected chi connectivity index (χ2v) is 4.56. The second-order valence-electron chi connectivity index (χ2n) is 4.12. The van der Waals surface area contributed by atoms with E-state index in [2.05, 4.69) is 5.32 Å². The molecular formula is C13H15ClN2O5. The zero-order chi connectivity index (χ0) is 15.8. The first-order valence-electron chi connectivity index (χ1n) is 6.33. The van der Waals surface area contributed by atoms with E-state index < -0.39 is 10.8 Å². The number of rotatable bonds is 7. The number of carbonyl (C=O) groups excluding carboxylic acids is 2. The van der Waals surface area contributed by atoms with Gasteiger partial charge in [0.05, 0.1) is 11.5 Å². The van der Waals surface area contributed by atoms with Crippen LogP contribution in [0.1, 0.15) is 30.1 Å². The molecule has 0 saturated heterocycles. The van der Waals surface area contributed by atoms with E-state index in [0.29, 0.717) is 13.0 Å². The molecule has 114 valence electrons. The minimum atomic E-state index is -0.622. The first-order valence-corrected chi connectivity index (χ1v) is 6.70. The fourth-order valence-corrected chi connectivity index (χ4v) is 1.81. The maximum Gasteiger partial charge on any atom is 0.305 e. The smallest absolute Gasteiger partial charge is 0.305 e. The number of nitrogens with zero attached hydrogens (tertiary/aromatic N) is 1. The quantitative estimate of drug-likeness (QED) is 0.360. The number of carbonyl (C=O) groups is 2. The highest BCUT2D eigenvalue weighted by molar-refractivity contribution is 6.31. The summed E-state index contributed by atoms with van der Waals surface area (Å²) in [5.41, 5.74) is -0.149. The number of hydrogen-bond donors (Lipinski definition) is 1. The largest absolute Gasteiger partial charge is 0.466 e. The third kappa shape index (κ3) is 5.78. The molecule has 0 aromatic heterocycles. The van der Waals surface area contributed by atoms with E-state index in [4.69, 9.17) is 16.3 Å². The Morgan fingerprint density at radius 2 is 2.10 bits per heavy atom. The summed E-state index contributed by atoms with van der Waals surface area (Å²) in [7, 11) is 0. The standard InChI is InChI=1S/C13H15ClN2O5/c1-2-21-12(17)4-3-5-15-13(18)9-6-10(14)8-11(7-9)16(19)20/h6-8H,2-5H2,1H3,(H,15,18). The summed E-state index contributed by atoms with van der Waals surface area (Å²) in [6, 6.07) is 3.65. The summed E-state index contributed by atoms with van der Waals surface area (Å²) in [5.74, 6) is -0.811. The Bertz CT molecular complexity index is 547. The lowest BCUT2D eigenvalue weighted by Gasteiger charge is -2.06. The summed E-state index contributed by atoms with van der Waals surface area (Å²) in [6.45, 7) is 2.29. The lowest BCUT2D eigenvalue weighted by atomic mass is 10.2. The Balaban J connectivity index is 2.52. The molecule has 21 heavy (non-hydrogen) atoms. The Morgan fingerprint density at radius 1 is 1.38 bits per heavy atom. The van der Waals surface area contributed by atoms with E-state index in [0.717, 1.165) is 6.07 Å². The van der Waals surface area contributed by atoms with Crippen LogP contribution in [-0.4, -0.2) is 30.0 Å². The molecule has 8 heteroatoms. The monoisotopic (exact) mass is 314 g/mol. The number of ether oxygens (including phenoxy) is 1. The van der Waals surface area contributed by atoms with Crippen LogP contribution in [0.3, 0.4) is 0 Å². The zero-order valence-electron chi connectivity index (χ0n) is 11.4. The van der Waals surface area contributed by atoms with Gasteiger partial charge in [-0.15, -0.1) is 0 Å². The number of non-ortho nitro benzene ring substituents is 1. The van der Waals surface area contributed by atoms with Crippen molar-refractivity contribution >= 4 is 29.2 Å². The summed E-state index contributed by atoms with van der Waals surface area (Å²) in [5, 5.41) is 13.4. The molecule has 1 aromatic rings. The van der Waals surface area contributed by atoms with Gasteiger partial charge in [-0.25, -0.2) is 0 Å². The number of halogens is 1. The molecule has 1 aromatic carbocycles. The van der Waals surface area contributed by atoms with Crippen molar-refractivity contribution in [3.05, 3.63) is 38.9 Å². The topological polar surface area (TPSA) is 98.5 Å². The molecule has 1 rings (SSSR count). The molecule has 0 radical (unpaired) electrons. The predicted molar refractivity (Wildman–Crippen MR) is 76.3 cm³/mol. The van der Waals surface area contributed by atoms with Gasteiger partial charge < -0.3 is 10.1 Å². The molecule has 0 spiro atoms. The Morgan fingerprint density at radius 3 is 2.71 bits per heavy atom. The van der Waals surface area contributed by atoms with Crippen LogP contribution in [0, 0.1) is 10.1 Å². The highest BCUT2D eigenvalue weighted by Gasteiger charge is 2.13. The second kappa shape index (κ2) is 8.21. The van der Waals surface area contributed by atoms with Gasteiger partial charge in [0.25, 0.3) is 11.6 Å². The minimum Gasteiger partial charge on any atom is -0.466 e. The molecule has 0 heterocycles. The molecule has 0 aliphatic carbocycles. The summed E-state index contributed by atoms with van der Waals surface area (Å²) < 4.78 is 4.75. The Kier molecular flexibility index (Phi) is 6.61. The number of esters is 1. The summed E-state index contributed by atoms with van der Waals surface area (Å²) in [6.07, 6.45) is 0.622. The predicted octanol–water partition coefficient (Wildman–Crippen LogP) is 2.32. The molecule has 0 unspecified atom stereocenters. The maximum absolute atomic E-state index is 11.8. The van der Waals surface area contributed by atoms with Crippen molar-refractivity contribution in [2.75, 3.05) is 13.2 Å². The van der Waals surface area contributed by atoms with Crippen molar-refractivity contribution in [3.8, 4) is 0 Å².